The molecular weight excluding hydrogens is 266 g/mol. The number of fused-ring (bicyclic) bond motifs is 2. The standard InChI is InChI=1S/C16H11N3O2/c1-20-14-8-11(7-13-15(14)18-4-3-17-13)12-6-10-2-5-21-16(10)19-9-12/h2-9H,1H3. The van der Waals surface area contributed by atoms with E-state index in [1.807, 2.05) is 24.3 Å². The van der Waals surface area contributed by atoms with Crippen LogP contribution in [0.2, 0.25) is 0 Å². The fraction of sp³-hybridized carbons (Fsp3) is 0.0625. The van der Waals surface area contributed by atoms with Gasteiger partial charge >= 0.3 is 0 Å². The fourth-order valence-corrected chi connectivity index (χ4v) is 2.38. The van der Waals surface area contributed by atoms with Gasteiger partial charge in [-0.15, -0.1) is 0 Å². The van der Waals surface area contributed by atoms with Gasteiger partial charge in [0.2, 0.25) is 5.71 Å². The lowest BCUT2D eigenvalue weighted by Crippen LogP contribution is -1.91. The van der Waals surface area contributed by atoms with Crippen LogP contribution in [0.25, 0.3) is 33.3 Å². The minimum absolute atomic E-state index is 0.631. The molecule has 0 N–H and O–H groups in total. The number of rotatable bonds is 2. The number of benzene rings is 1. The van der Waals surface area contributed by atoms with Gasteiger partial charge in [-0.25, -0.2) is 9.97 Å². The number of ether oxygens (including phenoxy) is 1. The first kappa shape index (κ1) is 11.8. The molecule has 102 valence electrons. The zero-order valence-corrected chi connectivity index (χ0v) is 11.3. The summed E-state index contributed by atoms with van der Waals surface area (Å²) in [4.78, 5) is 13.0. The number of furan rings is 1. The van der Waals surface area contributed by atoms with Crippen LogP contribution in [0, 0.1) is 0 Å². The number of nitrogens with zero attached hydrogens (tertiary/aromatic N) is 3. The van der Waals surface area contributed by atoms with E-state index in [2.05, 4.69) is 15.0 Å². The molecule has 0 unspecified atom stereocenters. The van der Waals surface area contributed by atoms with Crippen molar-refractivity contribution in [3.05, 3.63) is 49.1 Å². The Balaban J connectivity index is 1.96. The van der Waals surface area contributed by atoms with Gasteiger partial charge in [-0.05, 0) is 29.8 Å². The predicted molar refractivity (Wildman–Crippen MR) is 79.1 cm³/mol. The van der Waals surface area contributed by atoms with E-state index in [4.69, 9.17) is 9.15 Å². The van der Waals surface area contributed by atoms with E-state index >= 15 is 0 Å². The van der Waals surface area contributed by atoms with E-state index < -0.39 is 0 Å². The van der Waals surface area contributed by atoms with Crippen molar-refractivity contribution in [2.75, 3.05) is 7.11 Å². The Morgan fingerprint density at radius 1 is 1.00 bits per heavy atom. The Morgan fingerprint density at radius 3 is 2.81 bits per heavy atom. The number of aromatic nitrogens is 3. The van der Waals surface area contributed by atoms with Crippen molar-refractivity contribution in [1.82, 2.24) is 15.0 Å². The van der Waals surface area contributed by atoms with Crippen LogP contribution < -0.4 is 4.74 Å². The summed E-state index contributed by atoms with van der Waals surface area (Å²) in [6.45, 7) is 0. The molecule has 1 aromatic carbocycles. The second-order valence-electron chi connectivity index (χ2n) is 4.64. The monoisotopic (exact) mass is 277 g/mol. The molecule has 3 aromatic heterocycles. The molecule has 0 atom stereocenters. The molecule has 0 radical (unpaired) electrons. The number of methoxy groups -OCH3 is 1. The third kappa shape index (κ3) is 1.90. The molecule has 5 heteroatoms. The van der Waals surface area contributed by atoms with Gasteiger partial charge in [-0.2, -0.15) is 0 Å². The first-order valence-corrected chi connectivity index (χ1v) is 6.47. The lowest BCUT2D eigenvalue weighted by Gasteiger charge is -2.08. The average molecular weight is 277 g/mol. The first-order chi connectivity index (χ1) is 10.3. The molecule has 0 bridgehead atoms. The van der Waals surface area contributed by atoms with Crippen LogP contribution in [0.1, 0.15) is 0 Å². The summed E-state index contributed by atoms with van der Waals surface area (Å²) >= 11 is 0. The van der Waals surface area contributed by atoms with Crippen LogP contribution in [0.15, 0.2) is 53.5 Å². The smallest absolute Gasteiger partial charge is 0.225 e. The summed E-state index contributed by atoms with van der Waals surface area (Å²) in [6.07, 6.45) is 6.74. The summed E-state index contributed by atoms with van der Waals surface area (Å²) in [6, 6.07) is 7.85. The second-order valence-corrected chi connectivity index (χ2v) is 4.64. The Hall–Kier alpha value is -2.95. The maximum Gasteiger partial charge on any atom is 0.225 e. The molecule has 0 aliphatic rings. The highest BCUT2D eigenvalue weighted by molar-refractivity contribution is 5.88. The van der Waals surface area contributed by atoms with E-state index in [0.717, 1.165) is 27.5 Å². The molecule has 0 saturated carbocycles. The average Bonchev–Trinajstić information content (AvgIpc) is 3.01. The van der Waals surface area contributed by atoms with Gasteiger partial charge in [0.05, 0.1) is 18.9 Å². The maximum absolute atomic E-state index is 5.42. The van der Waals surface area contributed by atoms with Crippen molar-refractivity contribution in [3.63, 3.8) is 0 Å². The van der Waals surface area contributed by atoms with Gasteiger partial charge in [0, 0.05) is 29.5 Å². The van der Waals surface area contributed by atoms with Crippen molar-refractivity contribution in [1.29, 1.82) is 0 Å². The topological polar surface area (TPSA) is 61.0 Å². The Kier molecular flexibility index (Phi) is 2.57. The van der Waals surface area contributed by atoms with Gasteiger partial charge in [-0.3, -0.25) is 4.98 Å². The zero-order valence-electron chi connectivity index (χ0n) is 11.3. The molecule has 5 nitrogen and oxygen atoms in total. The van der Waals surface area contributed by atoms with Crippen molar-refractivity contribution in [2.24, 2.45) is 0 Å². The molecule has 0 spiro atoms. The first-order valence-electron chi connectivity index (χ1n) is 6.47. The molecule has 3 heterocycles. The lowest BCUT2D eigenvalue weighted by atomic mass is 10.1. The number of hydrogen-bond donors (Lipinski definition) is 0. The molecule has 0 aliphatic carbocycles. The van der Waals surface area contributed by atoms with Crippen LogP contribution in [0.4, 0.5) is 0 Å². The SMILES string of the molecule is COc1cc(-c2cnc3occc3c2)cc2nccnc12. The summed E-state index contributed by atoms with van der Waals surface area (Å²) in [5.74, 6) is 0.697. The number of hydrogen-bond acceptors (Lipinski definition) is 5. The molecule has 0 saturated heterocycles. The molecule has 0 amide bonds. The van der Waals surface area contributed by atoms with Gasteiger partial charge in [0.1, 0.15) is 11.3 Å². The Bertz CT molecular complexity index is 946. The van der Waals surface area contributed by atoms with Crippen LogP contribution in [0.3, 0.4) is 0 Å². The van der Waals surface area contributed by atoms with Crippen LogP contribution in [0.5, 0.6) is 5.75 Å². The molecule has 0 aliphatic heterocycles. The summed E-state index contributed by atoms with van der Waals surface area (Å²) in [5.41, 5.74) is 4.14. The van der Waals surface area contributed by atoms with Gasteiger partial charge in [0.25, 0.3) is 0 Å². The van der Waals surface area contributed by atoms with Crippen LogP contribution in [-0.4, -0.2) is 22.1 Å². The Morgan fingerprint density at radius 2 is 1.90 bits per heavy atom. The quantitative estimate of drug-likeness (QED) is 0.561. The van der Waals surface area contributed by atoms with E-state index in [0.29, 0.717) is 11.5 Å². The molecule has 4 aromatic rings. The van der Waals surface area contributed by atoms with E-state index in [1.54, 1.807) is 32.0 Å². The highest BCUT2D eigenvalue weighted by atomic mass is 16.5. The minimum atomic E-state index is 0.631. The highest BCUT2D eigenvalue weighted by Gasteiger charge is 2.09. The van der Waals surface area contributed by atoms with E-state index in [1.165, 1.54) is 0 Å². The summed E-state index contributed by atoms with van der Waals surface area (Å²) in [7, 11) is 1.63. The van der Waals surface area contributed by atoms with Gasteiger partial charge in [-0.1, -0.05) is 0 Å². The third-order valence-corrected chi connectivity index (χ3v) is 3.40. The molecule has 21 heavy (non-hydrogen) atoms. The van der Waals surface area contributed by atoms with Gasteiger partial charge < -0.3 is 9.15 Å². The van der Waals surface area contributed by atoms with Gasteiger partial charge in [0.15, 0.2) is 0 Å². The maximum atomic E-state index is 5.42. The van der Waals surface area contributed by atoms with Crippen molar-refractivity contribution >= 4 is 22.1 Å². The molecule has 0 fully saturated rings. The lowest BCUT2D eigenvalue weighted by molar-refractivity contribution is 0.419. The number of pyridine rings is 1. The summed E-state index contributed by atoms with van der Waals surface area (Å²) in [5, 5.41) is 0.964. The zero-order chi connectivity index (χ0) is 14.2. The van der Waals surface area contributed by atoms with Crippen molar-refractivity contribution < 1.29 is 9.15 Å². The molecule has 4 rings (SSSR count). The largest absolute Gasteiger partial charge is 0.494 e. The Labute approximate surface area is 120 Å². The van der Waals surface area contributed by atoms with Crippen molar-refractivity contribution in [3.8, 4) is 16.9 Å². The third-order valence-electron chi connectivity index (χ3n) is 3.40. The van der Waals surface area contributed by atoms with Crippen LogP contribution >= 0.6 is 0 Å². The van der Waals surface area contributed by atoms with Crippen LogP contribution in [-0.2, 0) is 0 Å². The second kappa shape index (κ2) is 4.56. The minimum Gasteiger partial charge on any atom is -0.494 e. The van der Waals surface area contributed by atoms with Crippen molar-refractivity contribution in [2.45, 2.75) is 0 Å². The normalized spacial score (nSPS) is 11.1. The highest BCUT2D eigenvalue weighted by Crippen LogP contribution is 2.31. The van der Waals surface area contributed by atoms with E-state index in [9.17, 15) is 0 Å². The molecular formula is C16H11N3O2. The van der Waals surface area contributed by atoms with E-state index in [-0.39, 0.29) is 0 Å². The fourth-order valence-electron chi connectivity index (χ4n) is 2.38. The summed E-state index contributed by atoms with van der Waals surface area (Å²) < 4.78 is 10.7. The predicted octanol–water partition coefficient (Wildman–Crippen LogP) is 3.45.